The van der Waals surface area contributed by atoms with Crippen LogP contribution in [0.1, 0.15) is 18.1 Å². The van der Waals surface area contributed by atoms with Crippen LogP contribution >= 0.6 is 27.5 Å². The molecular weight excluding hydrogens is 316 g/mol. The predicted molar refractivity (Wildman–Crippen MR) is 76.5 cm³/mol. The lowest BCUT2D eigenvalue weighted by molar-refractivity contribution is 0.103. The van der Waals surface area contributed by atoms with Gasteiger partial charge in [0.15, 0.2) is 0 Å². The lowest BCUT2D eigenvalue weighted by Gasteiger charge is -2.25. The van der Waals surface area contributed by atoms with E-state index in [1.807, 2.05) is 24.3 Å². The van der Waals surface area contributed by atoms with E-state index in [4.69, 9.17) is 17.3 Å². The third-order valence-corrected chi connectivity index (χ3v) is 3.50. The maximum atomic E-state index is 10.7. The summed E-state index contributed by atoms with van der Waals surface area (Å²) in [5, 5.41) is 11.1. The SMILES string of the molecule is CC(O)(c1cccc(Br)c1)c1cc(Cl)cnc1N. The maximum Gasteiger partial charge on any atom is 0.129 e. The Morgan fingerprint density at radius 3 is 2.78 bits per heavy atom. The smallest absolute Gasteiger partial charge is 0.129 e. The van der Waals surface area contributed by atoms with Crippen LogP contribution in [0.15, 0.2) is 41.0 Å². The van der Waals surface area contributed by atoms with Gasteiger partial charge in [-0.2, -0.15) is 0 Å². The van der Waals surface area contributed by atoms with Gasteiger partial charge in [-0.1, -0.05) is 39.7 Å². The molecule has 0 bridgehead atoms. The maximum absolute atomic E-state index is 10.7. The van der Waals surface area contributed by atoms with Crippen LogP contribution in [-0.2, 0) is 5.60 Å². The average molecular weight is 328 g/mol. The number of hydrogen-bond acceptors (Lipinski definition) is 3. The van der Waals surface area contributed by atoms with Crippen molar-refractivity contribution in [1.29, 1.82) is 0 Å². The molecule has 1 aromatic heterocycles. The van der Waals surface area contributed by atoms with E-state index in [1.54, 1.807) is 13.0 Å². The molecule has 0 spiro atoms. The Hall–Kier alpha value is -1.10. The zero-order chi connectivity index (χ0) is 13.3. The molecule has 3 N–H and O–H groups in total. The number of rotatable bonds is 2. The van der Waals surface area contributed by atoms with E-state index in [9.17, 15) is 5.11 Å². The lowest BCUT2D eigenvalue weighted by Crippen LogP contribution is -2.24. The Kier molecular flexibility index (Phi) is 3.61. The number of aromatic nitrogens is 1. The number of halogens is 2. The van der Waals surface area contributed by atoms with Crippen LogP contribution in [0, 0.1) is 0 Å². The second kappa shape index (κ2) is 4.88. The molecule has 0 saturated heterocycles. The van der Waals surface area contributed by atoms with Crippen molar-refractivity contribution in [3.05, 3.63) is 57.2 Å². The van der Waals surface area contributed by atoms with Crippen LogP contribution in [-0.4, -0.2) is 10.1 Å². The van der Waals surface area contributed by atoms with Crippen molar-refractivity contribution in [3.63, 3.8) is 0 Å². The summed E-state index contributed by atoms with van der Waals surface area (Å²) in [6.07, 6.45) is 1.46. The van der Waals surface area contributed by atoms with Crippen molar-refractivity contribution in [2.45, 2.75) is 12.5 Å². The molecular formula is C13H12BrClN2O. The molecule has 0 aliphatic heterocycles. The summed E-state index contributed by atoms with van der Waals surface area (Å²) < 4.78 is 0.883. The van der Waals surface area contributed by atoms with Crippen molar-refractivity contribution >= 4 is 33.3 Å². The Morgan fingerprint density at radius 1 is 1.39 bits per heavy atom. The quantitative estimate of drug-likeness (QED) is 0.889. The lowest BCUT2D eigenvalue weighted by atomic mass is 9.88. The largest absolute Gasteiger partial charge is 0.383 e. The highest BCUT2D eigenvalue weighted by Gasteiger charge is 2.28. The molecule has 0 fully saturated rings. The number of aliphatic hydroxyl groups is 1. The zero-order valence-corrected chi connectivity index (χ0v) is 12.0. The summed E-state index contributed by atoms with van der Waals surface area (Å²) >= 11 is 9.28. The fourth-order valence-corrected chi connectivity index (χ4v) is 2.34. The molecule has 5 heteroatoms. The number of anilines is 1. The predicted octanol–water partition coefficient (Wildman–Crippen LogP) is 3.34. The minimum absolute atomic E-state index is 0.268. The molecule has 18 heavy (non-hydrogen) atoms. The van der Waals surface area contributed by atoms with Crippen molar-refractivity contribution in [2.24, 2.45) is 0 Å². The van der Waals surface area contributed by atoms with E-state index in [2.05, 4.69) is 20.9 Å². The third kappa shape index (κ3) is 2.51. The normalized spacial score (nSPS) is 14.2. The monoisotopic (exact) mass is 326 g/mol. The molecule has 1 unspecified atom stereocenters. The minimum atomic E-state index is -1.24. The minimum Gasteiger partial charge on any atom is -0.383 e. The van der Waals surface area contributed by atoms with E-state index in [-0.39, 0.29) is 5.82 Å². The van der Waals surface area contributed by atoms with Gasteiger partial charge in [0.05, 0.1) is 5.02 Å². The second-order valence-corrected chi connectivity index (χ2v) is 5.52. The summed E-state index contributed by atoms with van der Waals surface area (Å²) in [5.41, 5.74) is 5.77. The van der Waals surface area contributed by atoms with Crippen LogP contribution in [0.25, 0.3) is 0 Å². The van der Waals surface area contributed by atoms with Crippen LogP contribution in [0.2, 0.25) is 5.02 Å². The first-order valence-corrected chi connectivity index (χ1v) is 6.48. The van der Waals surface area contributed by atoms with E-state index in [0.29, 0.717) is 16.1 Å². The molecule has 3 nitrogen and oxygen atoms in total. The number of nitrogen functional groups attached to an aromatic ring is 1. The van der Waals surface area contributed by atoms with Gasteiger partial charge in [0, 0.05) is 16.2 Å². The number of benzene rings is 1. The first-order valence-electron chi connectivity index (χ1n) is 5.31. The fraction of sp³-hybridized carbons (Fsp3) is 0.154. The highest BCUT2D eigenvalue weighted by molar-refractivity contribution is 9.10. The van der Waals surface area contributed by atoms with Gasteiger partial charge in [-0.05, 0) is 30.7 Å². The van der Waals surface area contributed by atoms with Gasteiger partial charge in [0.25, 0.3) is 0 Å². The van der Waals surface area contributed by atoms with Crippen molar-refractivity contribution < 1.29 is 5.11 Å². The van der Waals surface area contributed by atoms with E-state index in [0.717, 1.165) is 4.47 Å². The van der Waals surface area contributed by atoms with Crippen LogP contribution in [0.4, 0.5) is 5.82 Å². The summed E-state index contributed by atoms with van der Waals surface area (Å²) in [6.45, 7) is 1.67. The van der Waals surface area contributed by atoms with Gasteiger partial charge in [0.2, 0.25) is 0 Å². The summed E-state index contributed by atoms with van der Waals surface area (Å²) in [5.74, 6) is 0.268. The molecule has 1 atom stereocenters. The van der Waals surface area contributed by atoms with Crippen molar-refractivity contribution in [2.75, 3.05) is 5.73 Å². The number of nitrogens with zero attached hydrogens (tertiary/aromatic N) is 1. The first kappa shape index (κ1) is 13.3. The molecule has 0 saturated carbocycles. The van der Waals surface area contributed by atoms with Gasteiger partial charge < -0.3 is 10.8 Å². The van der Waals surface area contributed by atoms with E-state index < -0.39 is 5.60 Å². The molecule has 0 radical (unpaired) electrons. The zero-order valence-electron chi connectivity index (χ0n) is 9.69. The third-order valence-electron chi connectivity index (χ3n) is 2.80. The molecule has 2 rings (SSSR count). The number of nitrogens with two attached hydrogens (primary N) is 1. The average Bonchev–Trinajstić information content (AvgIpc) is 2.32. The van der Waals surface area contributed by atoms with Crippen LogP contribution in [0.3, 0.4) is 0 Å². The van der Waals surface area contributed by atoms with Gasteiger partial charge >= 0.3 is 0 Å². The molecule has 94 valence electrons. The van der Waals surface area contributed by atoms with Gasteiger partial charge in [-0.15, -0.1) is 0 Å². The topological polar surface area (TPSA) is 59.1 Å². The molecule has 1 aromatic carbocycles. The van der Waals surface area contributed by atoms with Crippen LogP contribution in [0.5, 0.6) is 0 Å². The van der Waals surface area contributed by atoms with Crippen molar-refractivity contribution in [1.82, 2.24) is 4.98 Å². The van der Waals surface area contributed by atoms with E-state index in [1.165, 1.54) is 6.20 Å². The Morgan fingerprint density at radius 2 is 2.11 bits per heavy atom. The molecule has 0 aliphatic rings. The standard InChI is InChI=1S/C13H12BrClN2O/c1-13(18,8-3-2-4-9(14)5-8)11-6-10(15)7-17-12(11)16/h2-7,18H,1H3,(H2,16,17). The Bertz CT molecular complexity index is 587. The number of hydrogen-bond donors (Lipinski definition) is 2. The molecule has 1 heterocycles. The Balaban J connectivity index is 2.57. The highest BCUT2D eigenvalue weighted by Crippen LogP contribution is 2.34. The summed E-state index contributed by atoms with van der Waals surface area (Å²) in [4.78, 5) is 3.97. The second-order valence-electron chi connectivity index (χ2n) is 4.17. The molecule has 0 aliphatic carbocycles. The first-order chi connectivity index (χ1) is 8.41. The Labute approximate surface area is 119 Å². The van der Waals surface area contributed by atoms with Gasteiger partial charge in [-0.25, -0.2) is 4.98 Å². The van der Waals surface area contributed by atoms with Crippen molar-refractivity contribution in [3.8, 4) is 0 Å². The molecule has 0 amide bonds. The fourth-order valence-electron chi connectivity index (χ4n) is 1.79. The highest BCUT2D eigenvalue weighted by atomic mass is 79.9. The number of pyridine rings is 1. The van der Waals surface area contributed by atoms with Gasteiger partial charge in [0.1, 0.15) is 11.4 Å². The van der Waals surface area contributed by atoms with E-state index >= 15 is 0 Å². The molecule has 2 aromatic rings. The summed E-state index contributed by atoms with van der Waals surface area (Å²) in [7, 11) is 0. The van der Waals surface area contributed by atoms with Gasteiger partial charge in [-0.3, -0.25) is 0 Å². The van der Waals surface area contributed by atoms with Crippen LogP contribution < -0.4 is 5.73 Å². The summed E-state index contributed by atoms with van der Waals surface area (Å²) in [6, 6.07) is 9.03.